The molecule has 1 aliphatic heterocycles. The number of nitrogens with zero attached hydrogens (tertiary/aromatic N) is 3. The molecule has 1 heterocycles. The summed E-state index contributed by atoms with van der Waals surface area (Å²) in [7, 11) is 0. The number of piperidine rings is 1. The van der Waals surface area contributed by atoms with Crippen molar-refractivity contribution in [2.75, 3.05) is 18.1 Å². The van der Waals surface area contributed by atoms with Crippen LogP contribution in [0.4, 0.5) is 5.69 Å². The van der Waals surface area contributed by atoms with Crippen LogP contribution < -0.4 is 4.90 Å². The summed E-state index contributed by atoms with van der Waals surface area (Å²) in [6.45, 7) is 7.27. The maximum absolute atomic E-state index is 13.2. The Bertz CT molecular complexity index is 826. The number of esters is 1. The van der Waals surface area contributed by atoms with E-state index in [-0.39, 0.29) is 13.0 Å². The van der Waals surface area contributed by atoms with Crippen molar-refractivity contribution < 1.29 is 23.9 Å². The molecule has 27 heavy (non-hydrogen) atoms. The third-order valence-electron chi connectivity index (χ3n) is 4.71. The Morgan fingerprint density at radius 3 is 2.74 bits per heavy atom. The first-order valence-electron chi connectivity index (χ1n) is 8.85. The van der Waals surface area contributed by atoms with Crippen LogP contribution >= 0.6 is 0 Å². The van der Waals surface area contributed by atoms with Gasteiger partial charge < -0.3 is 15.2 Å². The lowest BCUT2D eigenvalue weighted by Crippen LogP contribution is -2.54. The highest BCUT2D eigenvalue weighted by atomic mass is 16.5. The fourth-order valence-electron chi connectivity index (χ4n) is 3.28. The van der Waals surface area contributed by atoms with E-state index in [4.69, 9.17) is 10.3 Å². The molecule has 0 spiro atoms. The zero-order valence-corrected chi connectivity index (χ0v) is 15.6. The normalized spacial score (nSPS) is 19.2. The van der Waals surface area contributed by atoms with Crippen molar-refractivity contribution in [3.8, 4) is 0 Å². The van der Waals surface area contributed by atoms with Crippen LogP contribution in [0.25, 0.3) is 5.53 Å². The maximum Gasteiger partial charge on any atom is 0.442 e. The first-order chi connectivity index (χ1) is 12.9. The zero-order valence-electron chi connectivity index (χ0n) is 15.6. The van der Waals surface area contributed by atoms with Gasteiger partial charge in [-0.2, -0.15) is 4.79 Å². The van der Waals surface area contributed by atoms with Gasteiger partial charge >= 0.3 is 11.7 Å². The lowest BCUT2D eigenvalue weighted by molar-refractivity contribution is -0.145. The number of allylic oxidation sites excluding steroid dienone is 1. The zero-order chi connectivity index (χ0) is 20.0. The standard InChI is InChI=1S/C20H23N3O4/c1-4-9-14-10-6-7-11-15(14)23-13-8-12-20(3,19(23)26)17(24)16(22-21)18(25)27-5-2/h4,6-7,10-11H,1,5,8-9,12-13H2,2-3H3. The summed E-state index contributed by atoms with van der Waals surface area (Å²) in [6.07, 6.45) is 3.15. The smallest absolute Gasteiger partial charge is 0.442 e. The van der Waals surface area contributed by atoms with E-state index in [0.717, 1.165) is 5.56 Å². The van der Waals surface area contributed by atoms with Crippen molar-refractivity contribution in [3.05, 3.63) is 48.0 Å². The molecule has 2 rings (SSSR count). The van der Waals surface area contributed by atoms with Gasteiger partial charge in [0.1, 0.15) is 5.41 Å². The van der Waals surface area contributed by atoms with Crippen molar-refractivity contribution >= 4 is 29.1 Å². The second-order valence-electron chi connectivity index (χ2n) is 6.51. The molecule has 1 unspecified atom stereocenters. The summed E-state index contributed by atoms with van der Waals surface area (Å²) in [4.78, 5) is 42.4. The van der Waals surface area contributed by atoms with Gasteiger partial charge in [0.05, 0.1) is 6.61 Å². The molecule has 7 nitrogen and oxygen atoms in total. The molecule has 1 aromatic carbocycles. The van der Waals surface area contributed by atoms with Crippen LogP contribution in [0.1, 0.15) is 32.3 Å². The Morgan fingerprint density at radius 1 is 1.41 bits per heavy atom. The van der Waals surface area contributed by atoms with Gasteiger partial charge in [-0.05, 0) is 44.7 Å². The monoisotopic (exact) mass is 369 g/mol. The number of para-hydroxylation sites is 1. The molecule has 1 aromatic rings. The molecule has 0 aromatic heterocycles. The molecule has 7 heteroatoms. The molecular formula is C20H23N3O4. The van der Waals surface area contributed by atoms with E-state index in [0.29, 0.717) is 25.1 Å². The number of hydrogen-bond acceptors (Lipinski definition) is 4. The topological polar surface area (TPSA) is 100 Å². The Labute approximate surface area is 158 Å². The molecule has 1 saturated heterocycles. The minimum atomic E-state index is -1.51. The van der Waals surface area contributed by atoms with Crippen LogP contribution in [0.5, 0.6) is 0 Å². The van der Waals surface area contributed by atoms with E-state index in [1.165, 1.54) is 6.92 Å². The van der Waals surface area contributed by atoms with E-state index in [2.05, 4.69) is 11.4 Å². The highest BCUT2D eigenvalue weighted by Gasteiger charge is 2.53. The Kier molecular flexibility index (Phi) is 6.42. The summed E-state index contributed by atoms with van der Waals surface area (Å²) in [5.41, 5.74) is 8.51. The second kappa shape index (κ2) is 8.56. The van der Waals surface area contributed by atoms with Crippen LogP contribution in [-0.4, -0.2) is 41.3 Å². The summed E-state index contributed by atoms with van der Waals surface area (Å²) in [5.74, 6) is -2.30. The second-order valence-corrected chi connectivity index (χ2v) is 6.51. The van der Waals surface area contributed by atoms with Crippen LogP contribution in [0.15, 0.2) is 36.9 Å². The lowest BCUT2D eigenvalue weighted by Gasteiger charge is -2.38. The van der Waals surface area contributed by atoms with Gasteiger partial charge in [0, 0.05) is 12.2 Å². The SMILES string of the molecule is C=CCc1ccccc1N1CCCC(C)(C(=O)C(=[N+]=[N-])C(=O)OCC)C1=O. The Hall–Kier alpha value is -3.05. The van der Waals surface area contributed by atoms with Gasteiger partial charge in [-0.3, -0.25) is 9.59 Å². The quantitative estimate of drug-likeness (QED) is 0.184. The van der Waals surface area contributed by atoms with E-state index in [9.17, 15) is 14.4 Å². The van der Waals surface area contributed by atoms with Gasteiger partial charge in [0.2, 0.25) is 5.91 Å². The molecule has 1 amide bonds. The van der Waals surface area contributed by atoms with E-state index in [1.54, 1.807) is 17.9 Å². The largest absolute Gasteiger partial charge is 0.457 e. The number of anilines is 1. The summed E-state index contributed by atoms with van der Waals surface area (Å²) in [5, 5.41) is 0. The number of ether oxygens (including phenoxy) is 1. The molecule has 0 N–H and O–H groups in total. The highest BCUT2D eigenvalue weighted by molar-refractivity contribution is 6.65. The number of amides is 1. The summed E-state index contributed by atoms with van der Waals surface area (Å²) in [6, 6.07) is 7.41. The first-order valence-corrected chi connectivity index (χ1v) is 8.85. The molecule has 0 aliphatic carbocycles. The number of rotatable bonds is 7. The summed E-state index contributed by atoms with van der Waals surface area (Å²) >= 11 is 0. The third-order valence-corrected chi connectivity index (χ3v) is 4.71. The van der Waals surface area contributed by atoms with Crippen molar-refractivity contribution in [2.24, 2.45) is 5.41 Å². The minimum Gasteiger partial charge on any atom is -0.457 e. The van der Waals surface area contributed by atoms with Crippen molar-refractivity contribution in [2.45, 2.75) is 33.1 Å². The average molecular weight is 369 g/mol. The van der Waals surface area contributed by atoms with Crippen molar-refractivity contribution in [3.63, 3.8) is 0 Å². The fraction of sp³-hybridized carbons (Fsp3) is 0.400. The maximum atomic E-state index is 13.2. The fourth-order valence-corrected chi connectivity index (χ4v) is 3.28. The molecule has 142 valence electrons. The van der Waals surface area contributed by atoms with Gasteiger partial charge in [-0.1, -0.05) is 24.3 Å². The third kappa shape index (κ3) is 3.88. The Morgan fingerprint density at radius 2 is 2.11 bits per heavy atom. The van der Waals surface area contributed by atoms with Gasteiger partial charge in [0.25, 0.3) is 5.78 Å². The molecule has 1 atom stereocenters. The van der Waals surface area contributed by atoms with Crippen molar-refractivity contribution in [1.82, 2.24) is 0 Å². The average Bonchev–Trinajstić information content (AvgIpc) is 2.66. The number of ketones is 1. The van der Waals surface area contributed by atoms with Crippen LogP contribution in [0.3, 0.4) is 0 Å². The highest BCUT2D eigenvalue weighted by Crippen LogP contribution is 2.36. The number of carbonyl (C=O) groups excluding carboxylic acids is 3. The predicted octanol–water partition coefficient (Wildman–Crippen LogP) is 2.35. The molecule has 0 saturated carbocycles. The van der Waals surface area contributed by atoms with E-state index < -0.39 is 28.8 Å². The first kappa shape index (κ1) is 20.3. The van der Waals surface area contributed by atoms with E-state index >= 15 is 0 Å². The van der Waals surface area contributed by atoms with Crippen LogP contribution in [-0.2, 0) is 25.5 Å². The predicted molar refractivity (Wildman–Crippen MR) is 100 cm³/mol. The van der Waals surface area contributed by atoms with Gasteiger partial charge in [0.15, 0.2) is 0 Å². The molecule has 0 bridgehead atoms. The number of carbonyl (C=O) groups is 3. The van der Waals surface area contributed by atoms with Crippen LogP contribution in [0, 0.1) is 5.41 Å². The van der Waals surface area contributed by atoms with Crippen LogP contribution in [0.2, 0.25) is 0 Å². The summed E-state index contributed by atoms with van der Waals surface area (Å²) < 4.78 is 4.76. The Balaban J connectivity index is 2.40. The molecule has 1 fully saturated rings. The van der Waals surface area contributed by atoms with Gasteiger partial charge in [-0.25, -0.2) is 4.79 Å². The molecular weight excluding hydrogens is 346 g/mol. The van der Waals surface area contributed by atoms with Gasteiger partial charge in [-0.15, -0.1) is 6.58 Å². The molecule has 1 aliphatic rings. The number of Topliss-reactive ketones (excluding diaryl/α,β-unsaturated/α-hetero) is 1. The lowest BCUT2D eigenvalue weighted by atomic mass is 9.75. The molecule has 0 radical (unpaired) electrons. The van der Waals surface area contributed by atoms with E-state index in [1.807, 2.05) is 24.3 Å². The number of benzene rings is 1. The minimum absolute atomic E-state index is 0.0247. The van der Waals surface area contributed by atoms with Crippen molar-refractivity contribution in [1.29, 1.82) is 0 Å². The number of hydrogen-bond donors (Lipinski definition) is 0.